The van der Waals surface area contributed by atoms with Crippen LogP contribution in [0.1, 0.15) is 22.8 Å². The molecule has 2 rings (SSSR count). The van der Waals surface area contributed by atoms with Gasteiger partial charge in [-0.25, -0.2) is 0 Å². The van der Waals surface area contributed by atoms with Crippen molar-refractivity contribution in [3.63, 3.8) is 0 Å². The minimum Gasteiger partial charge on any atom is -0.489 e. The molecule has 0 radical (unpaired) electrons. The maximum Gasteiger partial charge on any atom is 0.271 e. The standard InChI is InChI=1S/C18H18N2O4/c1-12(2)11-24-16-6-4-5-14(9-16)18(21)19-17-10-15(20(22)23)8-7-13(17)3/h4-10H,1,11H2,2-3H3,(H,19,21). The van der Waals surface area contributed by atoms with Crippen molar-refractivity contribution in [2.45, 2.75) is 13.8 Å². The quantitative estimate of drug-likeness (QED) is 0.492. The van der Waals surface area contributed by atoms with Gasteiger partial charge in [-0.15, -0.1) is 0 Å². The van der Waals surface area contributed by atoms with Crippen LogP contribution < -0.4 is 10.1 Å². The van der Waals surface area contributed by atoms with Gasteiger partial charge in [0.25, 0.3) is 11.6 Å². The molecule has 1 amide bonds. The molecule has 0 saturated heterocycles. The third kappa shape index (κ3) is 4.42. The molecule has 0 atom stereocenters. The zero-order chi connectivity index (χ0) is 17.7. The first-order valence-electron chi connectivity index (χ1n) is 7.30. The Morgan fingerprint density at radius 2 is 2.04 bits per heavy atom. The molecule has 0 aliphatic heterocycles. The van der Waals surface area contributed by atoms with E-state index in [0.717, 1.165) is 11.1 Å². The van der Waals surface area contributed by atoms with Crippen LogP contribution in [-0.4, -0.2) is 17.4 Å². The van der Waals surface area contributed by atoms with Crippen molar-refractivity contribution >= 4 is 17.3 Å². The molecule has 0 spiro atoms. The maximum absolute atomic E-state index is 12.4. The fourth-order valence-electron chi connectivity index (χ4n) is 1.99. The van der Waals surface area contributed by atoms with E-state index < -0.39 is 4.92 Å². The number of rotatable bonds is 6. The van der Waals surface area contributed by atoms with Crippen LogP contribution in [-0.2, 0) is 0 Å². The van der Waals surface area contributed by atoms with Crippen LogP contribution >= 0.6 is 0 Å². The van der Waals surface area contributed by atoms with E-state index in [4.69, 9.17) is 4.74 Å². The zero-order valence-electron chi connectivity index (χ0n) is 13.5. The second-order valence-electron chi connectivity index (χ2n) is 5.48. The summed E-state index contributed by atoms with van der Waals surface area (Å²) >= 11 is 0. The number of carbonyl (C=O) groups excluding carboxylic acids is 1. The van der Waals surface area contributed by atoms with Crippen molar-refractivity contribution in [2.24, 2.45) is 0 Å². The third-order valence-electron chi connectivity index (χ3n) is 3.26. The van der Waals surface area contributed by atoms with E-state index in [0.29, 0.717) is 23.6 Å². The molecule has 6 nitrogen and oxygen atoms in total. The third-order valence-corrected chi connectivity index (χ3v) is 3.26. The Morgan fingerprint density at radius 1 is 1.29 bits per heavy atom. The number of anilines is 1. The van der Waals surface area contributed by atoms with Gasteiger partial charge in [-0.05, 0) is 43.2 Å². The van der Waals surface area contributed by atoms with Gasteiger partial charge >= 0.3 is 0 Å². The number of aryl methyl sites for hydroxylation is 1. The van der Waals surface area contributed by atoms with Gasteiger partial charge in [-0.3, -0.25) is 14.9 Å². The Labute approximate surface area is 139 Å². The number of nitro benzene ring substituents is 1. The second kappa shape index (κ2) is 7.41. The van der Waals surface area contributed by atoms with Crippen LogP contribution in [0.3, 0.4) is 0 Å². The van der Waals surface area contributed by atoms with Crippen molar-refractivity contribution < 1.29 is 14.5 Å². The van der Waals surface area contributed by atoms with Crippen molar-refractivity contribution in [1.29, 1.82) is 0 Å². The molecule has 0 saturated carbocycles. The van der Waals surface area contributed by atoms with E-state index in [-0.39, 0.29) is 11.6 Å². The predicted molar refractivity (Wildman–Crippen MR) is 92.5 cm³/mol. The number of hydrogen-bond acceptors (Lipinski definition) is 4. The predicted octanol–water partition coefficient (Wildman–Crippen LogP) is 4.11. The fraction of sp³-hybridized carbons (Fsp3) is 0.167. The normalized spacial score (nSPS) is 10.1. The monoisotopic (exact) mass is 326 g/mol. The van der Waals surface area contributed by atoms with Crippen molar-refractivity contribution in [3.8, 4) is 5.75 Å². The van der Waals surface area contributed by atoms with Crippen LogP contribution in [0.5, 0.6) is 5.75 Å². The molecule has 2 aromatic rings. The smallest absolute Gasteiger partial charge is 0.271 e. The lowest BCUT2D eigenvalue weighted by Gasteiger charge is -2.10. The number of ether oxygens (including phenoxy) is 1. The Balaban J connectivity index is 2.18. The molecule has 0 bridgehead atoms. The summed E-state index contributed by atoms with van der Waals surface area (Å²) < 4.78 is 5.51. The molecular weight excluding hydrogens is 308 g/mol. The topological polar surface area (TPSA) is 81.5 Å². The minimum atomic E-state index is -0.499. The van der Waals surface area contributed by atoms with Gasteiger partial charge in [-0.2, -0.15) is 0 Å². The van der Waals surface area contributed by atoms with E-state index in [1.54, 1.807) is 37.3 Å². The molecule has 6 heteroatoms. The van der Waals surface area contributed by atoms with Crippen LogP contribution in [0, 0.1) is 17.0 Å². The van der Waals surface area contributed by atoms with Gasteiger partial charge < -0.3 is 10.1 Å². The summed E-state index contributed by atoms with van der Waals surface area (Å²) in [5.74, 6) is 0.195. The first-order valence-corrected chi connectivity index (χ1v) is 7.30. The summed E-state index contributed by atoms with van der Waals surface area (Å²) in [5.41, 5.74) is 2.35. The SMILES string of the molecule is C=C(C)COc1cccc(C(=O)Nc2cc([N+](=O)[O-])ccc2C)c1. The molecule has 2 aromatic carbocycles. The molecule has 24 heavy (non-hydrogen) atoms. The van der Waals surface area contributed by atoms with E-state index in [9.17, 15) is 14.9 Å². The van der Waals surface area contributed by atoms with E-state index in [1.807, 2.05) is 6.92 Å². The lowest BCUT2D eigenvalue weighted by molar-refractivity contribution is -0.384. The van der Waals surface area contributed by atoms with Gasteiger partial charge in [0.15, 0.2) is 0 Å². The minimum absolute atomic E-state index is 0.0746. The van der Waals surface area contributed by atoms with E-state index >= 15 is 0 Å². The van der Waals surface area contributed by atoms with Crippen LogP contribution in [0.2, 0.25) is 0 Å². The van der Waals surface area contributed by atoms with Gasteiger partial charge in [0.1, 0.15) is 12.4 Å². The Hall–Kier alpha value is -3.15. The zero-order valence-corrected chi connectivity index (χ0v) is 13.5. The number of amides is 1. The number of nitrogens with zero attached hydrogens (tertiary/aromatic N) is 1. The molecule has 0 aliphatic rings. The van der Waals surface area contributed by atoms with Gasteiger partial charge in [0, 0.05) is 17.7 Å². The summed E-state index contributed by atoms with van der Waals surface area (Å²) in [4.78, 5) is 22.7. The maximum atomic E-state index is 12.4. The fourth-order valence-corrected chi connectivity index (χ4v) is 1.99. The molecule has 1 N–H and O–H groups in total. The highest BCUT2D eigenvalue weighted by molar-refractivity contribution is 6.05. The Morgan fingerprint density at radius 3 is 2.71 bits per heavy atom. The molecular formula is C18H18N2O4. The number of hydrogen-bond donors (Lipinski definition) is 1. The van der Waals surface area contributed by atoms with Gasteiger partial charge in [0.05, 0.1) is 10.6 Å². The van der Waals surface area contributed by atoms with Crippen LogP contribution in [0.4, 0.5) is 11.4 Å². The molecule has 124 valence electrons. The van der Waals surface area contributed by atoms with Gasteiger partial charge in [-0.1, -0.05) is 18.7 Å². The number of carbonyl (C=O) groups is 1. The van der Waals surface area contributed by atoms with Crippen molar-refractivity contribution in [1.82, 2.24) is 0 Å². The number of non-ortho nitro benzene ring substituents is 1. The highest BCUT2D eigenvalue weighted by Crippen LogP contribution is 2.23. The van der Waals surface area contributed by atoms with E-state index in [1.165, 1.54) is 12.1 Å². The summed E-state index contributed by atoms with van der Waals surface area (Å²) in [6.07, 6.45) is 0. The number of nitro groups is 1. The summed E-state index contributed by atoms with van der Waals surface area (Å²) in [5, 5.41) is 13.6. The Kier molecular flexibility index (Phi) is 5.31. The van der Waals surface area contributed by atoms with Crippen molar-refractivity contribution in [2.75, 3.05) is 11.9 Å². The highest BCUT2D eigenvalue weighted by Gasteiger charge is 2.13. The summed E-state index contributed by atoms with van der Waals surface area (Å²) in [6.45, 7) is 7.74. The summed E-state index contributed by atoms with van der Waals surface area (Å²) in [7, 11) is 0. The highest BCUT2D eigenvalue weighted by atomic mass is 16.6. The molecule has 0 heterocycles. The second-order valence-corrected chi connectivity index (χ2v) is 5.48. The van der Waals surface area contributed by atoms with Gasteiger partial charge in [0.2, 0.25) is 0 Å². The van der Waals surface area contributed by atoms with E-state index in [2.05, 4.69) is 11.9 Å². The largest absolute Gasteiger partial charge is 0.489 e. The molecule has 0 aliphatic carbocycles. The van der Waals surface area contributed by atoms with Crippen LogP contribution in [0.15, 0.2) is 54.6 Å². The Bertz CT molecular complexity index is 799. The lowest BCUT2D eigenvalue weighted by atomic mass is 10.1. The summed E-state index contributed by atoms with van der Waals surface area (Å²) in [6, 6.07) is 11.1. The van der Waals surface area contributed by atoms with Crippen LogP contribution in [0.25, 0.3) is 0 Å². The average Bonchev–Trinajstić information content (AvgIpc) is 2.55. The average molecular weight is 326 g/mol. The first kappa shape index (κ1) is 17.2. The first-order chi connectivity index (χ1) is 11.4. The number of benzene rings is 2. The molecule has 0 aromatic heterocycles. The molecule has 0 unspecified atom stereocenters. The van der Waals surface area contributed by atoms with Crippen molar-refractivity contribution in [3.05, 3.63) is 75.9 Å². The molecule has 0 fully saturated rings. The lowest BCUT2D eigenvalue weighted by Crippen LogP contribution is -2.13. The number of nitrogens with one attached hydrogen (secondary N) is 1.